The molecular formula is C26H34N3O5S-. The SMILES string of the molecule is CC(C)(C)OC(=O)N1CCC(N(c2ccc(NC(=O)C3CCCC3)c3ccccc23)S(=O)[O-])CC1. The molecule has 8 nitrogen and oxygen atoms in total. The standard InChI is InChI=1S/C26H35N3O5S/c1-26(2,3)34-25(31)28-16-14-19(15-17-28)29(35(32)33)23-13-12-22(20-10-6-7-11-21(20)23)27-24(30)18-8-4-5-9-18/h6-7,10-13,18-19H,4-5,8-9,14-17H2,1-3H3,(H,27,30)(H,32,33)/p-1. The van der Waals surface area contributed by atoms with Crippen LogP contribution in [-0.4, -0.2) is 50.4 Å². The monoisotopic (exact) mass is 500 g/mol. The van der Waals surface area contributed by atoms with Crippen LogP contribution in [0.15, 0.2) is 36.4 Å². The third-order valence-electron chi connectivity index (χ3n) is 6.73. The normalized spacial score (nSPS) is 18.5. The molecule has 9 heteroatoms. The van der Waals surface area contributed by atoms with Crippen LogP contribution in [0.1, 0.15) is 59.3 Å². The van der Waals surface area contributed by atoms with Crippen LogP contribution in [-0.2, 0) is 20.8 Å². The molecule has 0 radical (unpaired) electrons. The molecule has 2 aromatic rings. The van der Waals surface area contributed by atoms with Crippen molar-refractivity contribution < 1.29 is 23.1 Å². The molecule has 35 heavy (non-hydrogen) atoms. The Labute approximate surface area is 209 Å². The summed E-state index contributed by atoms with van der Waals surface area (Å²) in [5.74, 6) is 0.0633. The van der Waals surface area contributed by atoms with E-state index < -0.39 is 16.9 Å². The highest BCUT2D eigenvalue weighted by atomic mass is 32.2. The Morgan fingerprint density at radius 3 is 2.26 bits per heavy atom. The quantitative estimate of drug-likeness (QED) is 0.584. The number of likely N-dealkylation sites (tertiary alicyclic amines) is 1. The largest absolute Gasteiger partial charge is 0.755 e. The lowest BCUT2D eigenvalue weighted by atomic mass is 10.0. The number of ether oxygens (including phenoxy) is 1. The molecule has 0 bridgehead atoms. The van der Waals surface area contributed by atoms with Crippen molar-refractivity contribution in [2.75, 3.05) is 22.7 Å². The molecule has 1 aliphatic heterocycles. The second-order valence-electron chi connectivity index (χ2n) is 10.4. The molecule has 1 saturated heterocycles. The molecule has 2 amide bonds. The summed E-state index contributed by atoms with van der Waals surface area (Å²) in [4.78, 5) is 26.8. The van der Waals surface area contributed by atoms with E-state index in [1.54, 1.807) is 17.0 Å². The molecule has 1 saturated carbocycles. The topological polar surface area (TPSA) is 102 Å². The van der Waals surface area contributed by atoms with Crippen molar-refractivity contribution in [3.05, 3.63) is 36.4 Å². The van der Waals surface area contributed by atoms with Gasteiger partial charge in [-0.2, -0.15) is 0 Å². The zero-order chi connectivity index (χ0) is 25.2. The van der Waals surface area contributed by atoms with E-state index in [1.807, 2.05) is 45.0 Å². The van der Waals surface area contributed by atoms with Crippen LogP contribution in [0.2, 0.25) is 0 Å². The minimum atomic E-state index is -2.50. The summed E-state index contributed by atoms with van der Waals surface area (Å²) in [6, 6.07) is 10.8. The highest BCUT2D eigenvalue weighted by Crippen LogP contribution is 2.36. The molecule has 1 heterocycles. The molecule has 2 aliphatic rings. The summed E-state index contributed by atoms with van der Waals surface area (Å²) in [5.41, 5.74) is 0.686. The van der Waals surface area contributed by atoms with Crippen molar-refractivity contribution in [3.63, 3.8) is 0 Å². The Morgan fingerprint density at radius 1 is 1.03 bits per heavy atom. The van der Waals surface area contributed by atoms with Crippen molar-refractivity contribution in [1.29, 1.82) is 0 Å². The average molecular weight is 501 g/mol. The first kappa shape index (κ1) is 25.4. The number of fused-ring (bicyclic) bond motifs is 1. The van der Waals surface area contributed by atoms with Crippen LogP contribution in [0.4, 0.5) is 16.2 Å². The lowest BCUT2D eigenvalue weighted by Gasteiger charge is -2.40. The third kappa shape index (κ3) is 5.95. The summed E-state index contributed by atoms with van der Waals surface area (Å²) in [6.07, 6.45) is 4.60. The van der Waals surface area contributed by atoms with Crippen LogP contribution < -0.4 is 9.62 Å². The number of anilines is 2. The van der Waals surface area contributed by atoms with Gasteiger partial charge in [-0.3, -0.25) is 13.3 Å². The molecule has 2 fully saturated rings. The second kappa shape index (κ2) is 10.5. The number of hydrogen-bond donors (Lipinski definition) is 1. The van der Waals surface area contributed by atoms with Crippen molar-refractivity contribution in [1.82, 2.24) is 4.90 Å². The van der Waals surface area contributed by atoms with Gasteiger partial charge in [-0.1, -0.05) is 37.1 Å². The van der Waals surface area contributed by atoms with Gasteiger partial charge in [0.15, 0.2) is 0 Å². The maximum Gasteiger partial charge on any atom is 0.410 e. The maximum absolute atomic E-state index is 12.7. The van der Waals surface area contributed by atoms with Gasteiger partial charge in [0.05, 0.1) is 5.69 Å². The van der Waals surface area contributed by atoms with Crippen molar-refractivity contribution in [3.8, 4) is 0 Å². The number of amides is 2. The fraction of sp³-hybridized carbons (Fsp3) is 0.538. The number of benzene rings is 2. The first-order valence-corrected chi connectivity index (χ1v) is 13.4. The molecule has 190 valence electrons. The lowest BCUT2D eigenvalue weighted by molar-refractivity contribution is -0.119. The minimum Gasteiger partial charge on any atom is -0.755 e. The van der Waals surface area contributed by atoms with E-state index >= 15 is 0 Å². The van der Waals surface area contributed by atoms with Crippen LogP contribution in [0.3, 0.4) is 0 Å². The number of nitrogens with one attached hydrogen (secondary N) is 1. The first-order valence-electron chi connectivity index (χ1n) is 12.3. The van der Waals surface area contributed by atoms with Crippen molar-refractivity contribution in [2.24, 2.45) is 5.92 Å². The van der Waals surface area contributed by atoms with Crippen LogP contribution >= 0.6 is 0 Å². The summed E-state index contributed by atoms with van der Waals surface area (Å²) in [5, 5.41) is 4.63. The van der Waals surface area contributed by atoms with Gasteiger partial charge >= 0.3 is 6.09 Å². The van der Waals surface area contributed by atoms with Gasteiger partial charge < -0.3 is 19.5 Å². The Kier molecular flexibility index (Phi) is 7.66. The number of carbonyl (C=O) groups is 2. The predicted octanol–water partition coefficient (Wildman–Crippen LogP) is 4.97. The van der Waals surface area contributed by atoms with E-state index in [-0.39, 0.29) is 24.0 Å². The molecule has 0 aromatic heterocycles. The zero-order valence-corrected chi connectivity index (χ0v) is 21.4. The first-order chi connectivity index (χ1) is 16.6. The van der Waals surface area contributed by atoms with Crippen molar-refractivity contribution in [2.45, 2.75) is 70.9 Å². The summed E-state index contributed by atoms with van der Waals surface area (Å²) in [6.45, 7) is 6.31. The van der Waals surface area contributed by atoms with E-state index in [0.29, 0.717) is 37.3 Å². The lowest BCUT2D eigenvalue weighted by Crippen LogP contribution is -2.48. The highest BCUT2D eigenvalue weighted by molar-refractivity contribution is 7.80. The zero-order valence-electron chi connectivity index (χ0n) is 20.6. The van der Waals surface area contributed by atoms with E-state index in [2.05, 4.69) is 5.32 Å². The van der Waals surface area contributed by atoms with Gasteiger partial charge in [-0.25, -0.2) is 4.79 Å². The predicted molar refractivity (Wildman–Crippen MR) is 137 cm³/mol. The molecule has 2 aromatic carbocycles. The Hall–Kier alpha value is -2.65. The molecule has 0 spiro atoms. The fourth-order valence-electron chi connectivity index (χ4n) is 5.02. The highest BCUT2D eigenvalue weighted by Gasteiger charge is 2.31. The Balaban J connectivity index is 1.55. The molecule has 1 atom stereocenters. The molecule has 4 rings (SSSR count). The van der Waals surface area contributed by atoms with Gasteiger partial charge in [0.2, 0.25) is 5.91 Å². The van der Waals surface area contributed by atoms with Gasteiger partial charge in [0.25, 0.3) is 0 Å². The summed E-state index contributed by atoms with van der Waals surface area (Å²) in [7, 11) is 0. The van der Waals surface area contributed by atoms with E-state index in [1.165, 1.54) is 4.31 Å². The van der Waals surface area contributed by atoms with Crippen molar-refractivity contribution >= 4 is 45.4 Å². The molecule has 1 N–H and O–H groups in total. The number of nitrogens with zero attached hydrogens (tertiary/aromatic N) is 2. The second-order valence-corrected chi connectivity index (χ2v) is 11.2. The number of hydrogen-bond acceptors (Lipinski definition) is 5. The van der Waals surface area contributed by atoms with Gasteiger partial charge in [-0.15, -0.1) is 0 Å². The number of piperidine rings is 1. The molecular weight excluding hydrogens is 466 g/mol. The summed E-state index contributed by atoms with van der Waals surface area (Å²) >= 11 is -2.50. The Morgan fingerprint density at radius 2 is 1.66 bits per heavy atom. The van der Waals surface area contributed by atoms with Crippen LogP contribution in [0, 0.1) is 5.92 Å². The third-order valence-corrected chi connectivity index (χ3v) is 7.55. The van der Waals surface area contributed by atoms with Crippen LogP contribution in [0.25, 0.3) is 10.8 Å². The van der Waals surface area contributed by atoms with E-state index in [0.717, 1.165) is 36.5 Å². The molecule has 1 unspecified atom stereocenters. The minimum absolute atomic E-state index is 0.0270. The fourth-order valence-corrected chi connectivity index (χ4v) is 5.79. The average Bonchev–Trinajstić information content (AvgIpc) is 3.35. The number of carbonyl (C=O) groups excluding carboxylic acids is 2. The molecule has 1 aliphatic carbocycles. The maximum atomic E-state index is 12.7. The number of rotatable bonds is 5. The van der Waals surface area contributed by atoms with E-state index in [9.17, 15) is 18.4 Å². The van der Waals surface area contributed by atoms with Gasteiger partial charge in [0.1, 0.15) is 5.60 Å². The van der Waals surface area contributed by atoms with E-state index in [4.69, 9.17) is 4.74 Å². The Bertz CT molecular complexity index is 1100. The smallest absolute Gasteiger partial charge is 0.410 e. The van der Waals surface area contributed by atoms with Crippen LogP contribution in [0.5, 0.6) is 0 Å². The summed E-state index contributed by atoms with van der Waals surface area (Å²) < 4.78 is 31.7. The van der Waals surface area contributed by atoms with Gasteiger partial charge in [0, 0.05) is 52.8 Å². The van der Waals surface area contributed by atoms with Gasteiger partial charge in [-0.05, 0) is 58.6 Å².